The van der Waals surface area contributed by atoms with E-state index in [9.17, 15) is 9.18 Å². The van der Waals surface area contributed by atoms with E-state index in [2.05, 4.69) is 0 Å². The van der Waals surface area contributed by atoms with E-state index in [1.54, 1.807) is 0 Å². The van der Waals surface area contributed by atoms with E-state index in [4.69, 9.17) is 28.9 Å². The summed E-state index contributed by atoms with van der Waals surface area (Å²) in [6.45, 7) is 1.42. The molecule has 0 saturated heterocycles. The van der Waals surface area contributed by atoms with Crippen LogP contribution in [0.15, 0.2) is 6.07 Å². The van der Waals surface area contributed by atoms with Crippen LogP contribution >= 0.6 is 23.2 Å². The molecule has 1 fully saturated rings. The maximum absolute atomic E-state index is 13.3. The molecule has 92 valence electrons. The Bertz CT molecular complexity index is 489. The fourth-order valence-corrected chi connectivity index (χ4v) is 2.21. The number of hydrogen-bond donors (Lipinski definition) is 1. The Hall–Kier alpha value is -1.00. The van der Waals surface area contributed by atoms with Crippen molar-refractivity contribution in [2.45, 2.75) is 25.8 Å². The topological polar surface area (TPSA) is 46.3 Å². The van der Waals surface area contributed by atoms with Gasteiger partial charge in [0.25, 0.3) is 0 Å². The van der Waals surface area contributed by atoms with Gasteiger partial charge in [-0.05, 0) is 12.8 Å². The van der Waals surface area contributed by atoms with Gasteiger partial charge in [-0.15, -0.1) is 0 Å². The number of nitrogen functional groups attached to an aromatic ring is 1. The molecule has 3 nitrogen and oxygen atoms in total. The molecule has 0 bridgehead atoms. The highest BCUT2D eigenvalue weighted by atomic mass is 35.5. The van der Waals surface area contributed by atoms with Crippen molar-refractivity contribution in [1.29, 1.82) is 0 Å². The molecule has 0 unspecified atom stereocenters. The molecule has 1 saturated carbocycles. The molecule has 0 atom stereocenters. The third-order valence-corrected chi connectivity index (χ3v) is 3.49. The molecule has 2 rings (SSSR count). The van der Waals surface area contributed by atoms with Crippen molar-refractivity contribution in [2.75, 3.05) is 10.6 Å². The van der Waals surface area contributed by atoms with Crippen LogP contribution in [0.25, 0.3) is 0 Å². The van der Waals surface area contributed by atoms with E-state index >= 15 is 0 Å². The van der Waals surface area contributed by atoms with Gasteiger partial charge in [-0.2, -0.15) is 0 Å². The summed E-state index contributed by atoms with van der Waals surface area (Å²) < 4.78 is 13.3. The van der Waals surface area contributed by atoms with Crippen LogP contribution in [-0.2, 0) is 4.79 Å². The first kappa shape index (κ1) is 12.5. The summed E-state index contributed by atoms with van der Waals surface area (Å²) in [7, 11) is 0. The molecular formula is C11H11Cl2FN2O. The fourth-order valence-electron chi connectivity index (χ4n) is 1.78. The minimum atomic E-state index is -0.683. The summed E-state index contributed by atoms with van der Waals surface area (Å²) in [5.41, 5.74) is 6.16. The van der Waals surface area contributed by atoms with Crippen LogP contribution in [0.5, 0.6) is 0 Å². The van der Waals surface area contributed by atoms with Gasteiger partial charge in [0.15, 0.2) is 0 Å². The molecule has 6 heteroatoms. The molecular weight excluding hydrogens is 266 g/mol. The van der Waals surface area contributed by atoms with E-state index in [-0.39, 0.29) is 27.7 Å². The summed E-state index contributed by atoms with van der Waals surface area (Å²) in [5.74, 6) is -0.860. The summed E-state index contributed by atoms with van der Waals surface area (Å²) in [6.07, 6.45) is 1.79. The Morgan fingerprint density at radius 2 is 2.06 bits per heavy atom. The molecule has 1 aliphatic carbocycles. The maximum Gasteiger partial charge on any atom is 0.224 e. The van der Waals surface area contributed by atoms with Crippen LogP contribution in [0.4, 0.5) is 15.8 Å². The van der Waals surface area contributed by atoms with Crippen LogP contribution in [0.3, 0.4) is 0 Å². The molecule has 1 amide bonds. The van der Waals surface area contributed by atoms with Crippen LogP contribution in [0.2, 0.25) is 10.0 Å². The average Bonchev–Trinajstić information content (AvgIpc) is 3.04. The number of anilines is 2. The number of benzene rings is 1. The van der Waals surface area contributed by atoms with Gasteiger partial charge in [0.05, 0.1) is 21.4 Å². The van der Waals surface area contributed by atoms with Gasteiger partial charge in [-0.1, -0.05) is 23.2 Å². The van der Waals surface area contributed by atoms with Crippen LogP contribution in [0.1, 0.15) is 19.8 Å². The predicted molar refractivity (Wildman–Crippen MR) is 67.0 cm³/mol. The van der Waals surface area contributed by atoms with Gasteiger partial charge in [-0.3, -0.25) is 4.79 Å². The van der Waals surface area contributed by atoms with Gasteiger partial charge < -0.3 is 10.6 Å². The van der Waals surface area contributed by atoms with Crippen molar-refractivity contribution in [3.8, 4) is 0 Å². The number of amides is 1. The minimum Gasteiger partial charge on any atom is -0.397 e. The first-order chi connectivity index (χ1) is 7.93. The monoisotopic (exact) mass is 276 g/mol. The summed E-state index contributed by atoms with van der Waals surface area (Å²) in [4.78, 5) is 13.1. The van der Waals surface area contributed by atoms with Crippen LogP contribution in [-0.4, -0.2) is 11.9 Å². The number of nitrogens with zero attached hydrogens (tertiary/aromatic N) is 1. The first-order valence-electron chi connectivity index (χ1n) is 5.16. The third-order valence-electron chi connectivity index (χ3n) is 2.66. The molecule has 0 radical (unpaired) electrons. The fraction of sp³-hybridized carbons (Fsp3) is 0.364. The number of hydrogen-bond acceptors (Lipinski definition) is 2. The third kappa shape index (κ3) is 2.19. The Morgan fingerprint density at radius 1 is 1.47 bits per heavy atom. The molecule has 0 aromatic heterocycles. The highest BCUT2D eigenvalue weighted by Crippen LogP contribution is 2.43. The lowest BCUT2D eigenvalue weighted by Crippen LogP contribution is -2.31. The molecule has 2 N–H and O–H groups in total. The van der Waals surface area contributed by atoms with Crippen molar-refractivity contribution in [1.82, 2.24) is 0 Å². The molecule has 0 aliphatic heterocycles. The molecule has 1 aromatic carbocycles. The Balaban J connectivity index is 2.57. The molecule has 1 aliphatic rings. The first-order valence-corrected chi connectivity index (χ1v) is 5.91. The zero-order valence-electron chi connectivity index (χ0n) is 9.14. The Labute approximate surface area is 108 Å². The predicted octanol–water partition coefficient (Wildman–Crippen LogP) is 3.23. The van der Waals surface area contributed by atoms with Crippen molar-refractivity contribution in [3.63, 3.8) is 0 Å². The van der Waals surface area contributed by atoms with Crippen LogP contribution in [0, 0.1) is 5.82 Å². The van der Waals surface area contributed by atoms with Crippen molar-refractivity contribution in [3.05, 3.63) is 21.9 Å². The lowest BCUT2D eigenvalue weighted by Gasteiger charge is -2.24. The number of carbonyl (C=O) groups is 1. The Kier molecular flexibility index (Phi) is 3.19. The normalized spacial score (nSPS) is 14.8. The quantitative estimate of drug-likeness (QED) is 0.666. The summed E-state index contributed by atoms with van der Waals surface area (Å²) >= 11 is 11.7. The largest absolute Gasteiger partial charge is 0.397 e. The standard InChI is InChI=1S/C11H11Cl2FN2O/c1-5(17)16(6-2-3-6)11-8(15)4-7(14)9(12)10(11)13/h4,6H,2-3,15H2,1H3. The number of halogens is 3. The highest BCUT2D eigenvalue weighted by Gasteiger charge is 2.35. The van der Waals surface area contributed by atoms with Gasteiger partial charge in [0, 0.05) is 19.0 Å². The molecule has 1 aromatic rings. The second-order valence-electron chi connectivity index (χ2n) is 4.04. The van der Waals surface area contributed by atoms with E-state index in [1.165, 1.54) is 11.8 Å². The smallest absolute Gasteiger partial charge is 0.224 e. The van der Waals surface area contributed by atoms with E-state index in [0.29, 0.717) is 5.69 Å². The molecule has 17 heavy (non-hydrogen) atoms. The van der Waals surface area contributed by atoms with Crippen molar-refractivity contribution >= 4 is 40.5 Å². The van der Waals surface area contributed by atoms with Gasteiger partial charge in [-0.25, -0.2) is 4.39 Å². The lowest BCUT2D eigenvalue weighted by atomic mass is 10.2. The average molecular weight is 277 g/mol. The zero-order valence-corrected chi connectivity index (χ0v) is 10.6. The van der Waals surface area contributed by atoms with E-state index in [0.717, 1.165) is 18.9 Å². The number of carbonyl (C=O) groups excluding carboxylic acids is 1. The SMILES string of the molecule is CC(=O)N(c1c(N)cc(F)c(Cl)c1Cl)C1CC1. The van der Waals surface area contributed by atoms with Gasteiger partial charge in [0.1, 0.15) is 5.82 Å². The highest BCUT2D eigenvalue weighted by molar-refractivity contribution is 6.44. The molecule has 0 spiro atoms. The van der Waals surface area contributed by atoms with E-state index in [1.807, 2.05) is 0 Å². The van der Waals surface area contributed by atoms with E-state index < -0.39 is 5.82 Å². The number of rotatable bonds is 2. The molecule has 0 heterocycles. The second kappa shape index (κ2) is 4.35. The second-order valence-corrected chi connectivity index (χ2v) is 4.80. The van der Waals surface area contributed by atoms with Crippen molar-refractivity contribution in [2.24, 2.45) is 0 Å². The van der Waals surface area contributed by atoms with Crippen molar-refractivity contribution < 1.29 is 9.18 Å². The van der Waals surface area contributed by atoms with Gasteiger partial charge in [0.2, 0.25) is 5.91 Å². The summed E-state index contributed by atoms with van der Waals surface area (Å²) in [6, 6.07) is 1.18. The zero-order chi connectivity index (χ0) is 12.7. The number of nitrogens with two attached hydrogens (primary N) is 1. The Morgan fingerprint density at radius 3 is 2.53 bits per heavy atom. The maximum atomic E-state index is 13.3. The van der Waals surface area contributed by atoms with Crippen LogP contribution < -0.4 is 10.6 Å². The van der Waals surface area contributed by atoms with Gasteiger partial charge >= 0.3 is 0 Å². The minimum absolute atomic E-state index is 0.00809. The lowest BCUT2D eigenvalue weighted by molar-refractivity contribution is -0.116. The summed E-state index contributed by atoms with van der Waals surface area (Å²) in [5, 5.41) is -0.214.